The van der Waals surface area contributed by atoms with Crippen molar-refractivity contribution in [2.45, 2.75) is 68.2 Å². The van der Waals surface area contributed by atoms with E-state index in [0.717, 1.165) is 11.6 Å². The van der Waals surface area contributed by atoms with Gasteiger partial charge >= 0.3 is 11.6 Å². The van der Waals surface area contributed by atoms with Crippen LogP contribution in [-0.2, 0) is 0 Å². The fourth-order valence-corrected chi connectivity index (χ4v) is 6.40. The molecular formula is C40H44N4+2. The Morgan fingerprint density at radius 2 is 0.955 bits per heavy atom. The molecule has 0 saturated heterocycles. The maximum Gasteiger partial charge on any atom is 0.327 e. The van der Waals surface area contributed by atoms with Gasteiger partial charge in [-0.3, -0.25) is 0 Å². The summed E-state index contributed by atoms with van der Waals surface area (Å²) in [5, 5.41) is 0. The summed E-state index contributed by atoms with van der Waals surface area (Å²) in [4.78, 5) is 9.24. The van der Waals surface area contributed by atoms with Crippen molar-refractivity contribution < 1.29 is 0 Å². The van der Waals surface area contributed by atoms with Gasteiger partial charge in [-0.15, -0.1) is 0 Å². The van der Waals surface area contributed by atoms with Crippen molar-refractivity contribution in [1.29, 1.82) is 0 Å². The van der Waals surface area contributed by atoms with Crippen LogP contribution in [0.1, 0.15) is 67.0 Å². The number of nitrogens with zero attached hydrogens (tertiary/aromatic N) is 4. The van der Waals surface area contributed by atoms with Gasteiger partial charge in [0.05, 0.1) is 12.4 Å². The molecule has 0 aliphatic heterocycles. The molecule has 222 valence electrons. The molecular weight excluding hydrogens is 536 g/mol. The molecule has 0 aliphatic carbocycles. The third-order valence-corrected chi connectivity index (χ3v) is 8.49. The Balaban J connectivity index is 1.65. The second kappa shape index (κ2) is 12.9. The first-order valence-electron chi connectivity index (χ1n) is 15.5. The zero-order valence-corrected chi connectivity index (χ0v) is 27.6. The summed E-state index contributed by atoms with van der Waals surface area (Å²) < 4.78 is 4.37. The Kier molecular flexibility index (Phi) is 9.01. The topological polar surface area (TPSA) is 31.8 Å². The molecule has 2 aromatic heterocycles. The molecule has 44 heavy (non-hydrogen) atoms. The minimum Gasteiger partial charge on any atom is -0.200 e. The fourth-order valence-electron chi connectivity index (χ4n) is 6.40. The zero-order chi connectivity index (χ0) is 31.5. The van der Waals surface area contributed by atoms with Crippen molar-refractivity contribution in [3.8, 4) is 22.3 Å². The lowest BCUT2D eigenvalue weighted by atomic mass is 9.85. The summed E-state index contributed by atoms with van der Waals surface area (Å²) in [6.45, 7) is 19.8. The van der Waals surface area contributed by atoms with E-state index < -0.39 is 0 Å². The van der Waals surface area contributed by atoms with Crippen molar-refractivity contribution in [1.82, 2.24) is 19.1 Å². The summed E-state index contributed by atoms with van der Waals surface area (Å²) in [5.74, 6) is 2.25. The second-order valence-corrected chi connectivity index (χ2v) is 11.9. The van der Waals surface area contributed by atoms with E-state index in [1.807, 2.05) is 36.7 Å². The van der Waals surface area contributed by atoms with Gasteiger partial charge in [0.15, 0.2) is 0 Å². The second-order valence-electron chi connectivity index (χ2n) is 11.9. The molecule has 0 unspecified atom stereocenters. The summed E-state index contributed by atoms with van der Waals surface area (Å²) in [6.07, 6.45) is 7.89. The zero-order valence-electron chi connectivity index (χ0n) is 27.6. The molecule has 3 aromatic carbocycles. The van der Waals surface area contributed by atoms with Crippen molar-refractivity contribution in [3.05, 3.63) is 119 Å². The van der Waals surface area contributed by atoms with Gasteiger partial charge in [0.25, 0.3) is 0 Å². The summed E-state index contributed by atoms with van der Waals surface area (Å²) >= 11 is 0. The van der Waals surface area contributed by atoms with Crippen LogP contribution in [0.4, 0.5) is 23.0 Å². The van der Waals surface area contributed by atoms with E-state index in [9.17, 15) is 0 Å². The molecule has 4 heteroatoms. The Labute approximate surface area is 263 Å². The Hall–Kier alpha value is -4.70. The maximum absolute atomic E-state index is 4.62. The Bertz CT molecular complexity index is 1700. The van der Waals surface area contributed by atoms with Crippen molar-refractivity contribution in [2.24, 2.45) is 0 Å². The van der Waals surface area contributed by atoms with Crippen LogP contribution in [0.5, 0.6) is 0 Å². The van der Waals surface area contributed by atoms with Crippen LogP contribution in [0.25, 0.3) is 22.3 Å². The molecule has 0 bridgehead atoms. The van der Waals surface area contributed by atoms with Gasteiger partial charge in [0.1, 0.15) is 23.8 Å². The number of benzene rings is 3. The monoisotopic (exact) mass is 580 g/mol. The van der Waals surface area contributed by atoms with E-state index in [1.54, 1.807) is 0 Å². The van der Waals surface area contributed by atoms with Crippen LogP contribution in [0.3, 0.4) is 0 Å². The van der Waals surface area contributed by atoms with Crippen LogP contribution in [0.15, 0.2) is 85.2 Å². The number of pyridine rings is 2. The first kappa shape index (κ1) is 30.7. The molecule has 0 radical (unpaired) electrons. The van der Waals surface area contributed by atoms with E-state index >= 15 is 0 Å². The highest BCUT2D eigenvalue weighted by Crippen LogP contribution is 2.40. The van der Waals surface area contributed by atoms with E-state index in [4.69, 9.17) is 0 Å². The van der Waals surface area contributed by atoms with Gasteiger partial charge in [-0.25, -0.2) is 9.15 Å². The van der Waals surface area contributed by atoms with Crippen LogP contribution in [-0.4, -0.2) is 22.4 Å². The summed E-state index contributed by atoms with van der Waals surface area (Å²) in [5.41, 5.74) is 14.9. The first-order valence-corrected chi connectivity index (χ1v) is 15.5. The number of rotatable bonds is 7. The molecule has 0 atom stereocenters. The molecule has 0 saturated carbocycles. The SMILES string of the molecule is CC=[N+](c1ccccn1)c1c(C)cc(-c2cc(C(C)C)cc(-c3cc(C)c([N+](=CC)c4ccccn4)c(C)c3)c2C)cc1C. The van der Waals surface area contributed by atoms with Crippen LogP contribution >= 0.6 is 0 Å². The molecule has 2 heterocycles. The fraction of sp³-hybridized carbons (Fsp3) is 0.250. The maximum atomic E-state index is 4.62. The van der Waals surface area contributed by atoms with E-state index in [-0.39, 0.29) is 0 Å². The third-order valence-electron chi connectivity index (χ3n) is 8.49. The summed E-state index contributed by atoms with van der Waals surface area (Å²) in [6, 6.07) is 26.2. The Morgan fingerprint density at radius 3 is 1.25 bits per heavy atom. The van der Waals surface area contributed by atoms with Gasteiger partial charge in [0, 0.05) is 12.1 Å². The van der Waals surface area contributed by atoms with Gasteiger partial charge in [0.2, 0.25) is 0 Å². The minimum absolute atomic E-state index is 0.403. The number of hydrogen-bond acceptors (Lipinski definition) is 2. The highest BCUT2D eigenvalue weighted by molar-refractivity contribution is 5.84. The highest BCUT2D eigenvalue weighted by atomic mass is 15.1. The first-order chi connectivity index (χ1) is 21.1. The molecule has 5 rings (SSSR count). The number of hydrogen-bond donors (Lipinski definition) is 0. The van der Waals surface area contributed by atoms with Gasteiger partial charge in [-0.1, -0.05) is 38.1 Å². The predicted octanol–water partition coefficient (Wildman–Crippen LogP) is 10.3. The van der Waals surface area contributed by atoms with E-state index in [2.05, 4.69) is 142 Å². The number of aromatic nitrogens is 2. The number of aryl methyl sites for hydroxylation is 4. The lowest BCUT2D eigenvalue weighted by Gasteiger charge is -2.20. The van der Waals surface area contributed by atoms with Gasteiger partial charge in [-0.05, 0) is 156 Å². The van der Waals surface area contributed by atoms with Gasteiger partial charge in [-0.2, -0.15) is 0 Å². The normalized spacial score (nSPS) is 12.2. The predicted molar refractivity (Wildman–Crippen MR) is 190 cm³/mol. The minimum atomic E-state index is 0.403. The third kappa shape index (κ3) is 5.90. The lowest BCUT2D eigenvalue weighted by Crippen LogP contribution is -2.09. The van der Waals surface area contributed by atoms with Gasteiger partial charge < -0.3 is 0 Å². The van der Waals surface area contributed by atoms with Crippen LogP contribution in [0, 0.1) is 34.6 Å². The largest absolute Gasteiger partial charge is 0.327 e. The smallest absolute Gasteiger partial charge is 0.200 e. The van der Waals surface area contributed by atoms with E-state index in [0.29, 0.717) is 5.92 Å². The molecule has 0 amide bonds. The highest BCUT2D eigenvalue weighted by Gasteiger charge is 2.22. The quantitative estimate of drug-likeness (QED) is 0.142. The molecule has 0 fully saturated rings. The molecule has 4 nitrogen and oxygen atoms in total. The van der Waals surface area contributed by atoms with E-state index in [1.165, 1.54) is 67.0 Å². The van der Waals surface area contributed by atoms with Crippen LogP contribution < -0.4 is 9.15 Å². The lowest BCUT2D eigenvalue weighted by molar-refractivity contribution is 0.867. The molecule has 0 N–H and O–H groups in total. The van der Waals surface area contributed by atoms with Crippen LogP contribution in [0.2, 0.25) is 0 Å². The van der Waals surface area contributed by atoms with Crippen molar-refractivity contribution in [3.63, 3.8) is 0 Å². The molecule has 5 aromatic rings. The van der Waals surface area contributed by atoms with Crippen molar-refractivity contribution >= 4 is 35.4 Å². The Morgan fingerprint density at radius 1 is 0.568 bits per heavy atom. The average molecular weight is 581 g/mol. The summed E-state index contributed by atoms with van der Waals surface area (Å²) in [7, 11) is 0. The average Bonchev–Trinajstić information content (AvgIpc) is 3.01. The standard InChI is InChI=1S/C40H44N4/c1-10-43(37-16-12-14-18-41-37)39-27(5)20-33(21-28(39)6)35-24-32(26(3)4)25-36(31(35)9)34-22-29(7)40(30(8)23-34)44(11-2)38-17-13-15-19-42-38/h10-26H,1-9H3/q+2. The van der Waals surface area contributed by atoms with Crippen molar-refractivity contribution in [2.75, 3.05) is 0 Å². The molecule has 0 spiro atoms. The molecule has 0 aliphatic rings.